The maximum absolute atomic E-state index is 12.4. The molecule has 0 bridgehead atoms. The Kier molecular flexibility index (Phi) is 7.40. The molecule has 0 heterocycles. The Labute approximate surface area is 158 Å². The van der Waals surface area contributed by atoms with Crippen LogP contribution >= 0.6 is 0 Å². The van der Waals surface area contributed by atoms with Gasteiger partial charge in [-0.2, -0.15) is 0 Å². The quantitative estimate of drug-likeness (QED) is 0.776. The molecule has 0 aliphatic heterocycles. The van der Waals surface area contributed by atoms with Crippen LogP contribution in [0.15, 0.2) is 48.5 Å². The number of rotatable bonds is 8. The van der Waals surface area contributed by atoms with Gasteiger partial charge in [-0.25, -0.2) is 0 Å². The van der Waals surface area contributed by atoms with E-state index in [1.807, 2.05) is 18.2 Å². The highest BCUT2D eigenvalue weighted by Gasteiger charge is 2.17. The van der Waals surface area contributed by atoms with Crippen molar-refractivity contribution in [3.05, 3.63) is 70.8 Å². The summed E-state index contributed by atoms with van der Waals surface area (Å²) in [6.45, 7) is 7.10. The largest absolute Gasteiger partial charge is 0.355 e. The molecule has 3 nitrogen and oxygen atoms in total. The number of likely N-dealkylation sites (N-methyl/N-ethyl adjacent to an activating group) is 1. The molecule has 0 saturated heterocycles. The minimum Gasteiger partial charge on any atom is -0.355 e. The average molecular weight is 353 g/mol. The molecule has 0 aliphatic carbocycles. The molecule has 1 N–H and O–H groups in total. The number of aryl methyl sites for hydroxylation is 2. The fraction of sp³-hybridized carbons (Fsp3) is 0.435. The van der Waals surface area contributed by atoms with Gasteiger partial charge in [-0.1, -0.05) is 55.5 Å². The predicted octanol–water partition coefficient (Wildman–Crippen LogP) is 4.09. The van der Waals surface area contributed by atoms with Gasteiger partial charge in [0, 0.05) is 19.0 Å². The molecule has 2 rings (SSSR count). The van der Waals surface area contributed by atoms with E-state index in [4.69, 9.17) is 0 Å². The minimum atomic E-state index is 0.120. The lowest BCUT2D eigenvalue weighted by Crippen LogP contribution is -2.42. The first-order valence-electron chi connectivity index (χ1n) is 9.41. The average Bonchev–Trinajstić information content (AvgIpc) is 2.61. The Bertz CT molecular complexity index is 689. The maximum atomic E-state index is 12.4. The SMILES string of the molecule is Cc1cccc(C)c1C[C@@H](CNC(=O)C[C@H](C)c1ccccc1)N(C)C. The van der Waals surface area contributed by atoms with E-state index in [0.717, 1.165) is 6.42 Å². The summed E-state index contributed by atoms with van der Waals surface area (Å²) in [6.07, 6.45) is 1.47. The monoisotopic (exact) mass is 352 g/mol. The number of benzene rings is 2. The van der Waals surface area contributed by atoms with Crippen molar-refractivity contribution in [2.24, 2.45) is 0 Å². The van der Waals surface area contributed by atoms with Gasteiger partial charge >= 0.3 is 0 Å². The van der Waals surface area contributed by atoms with Crippen molar-refractivity contribution in [1.29, 1.82) is 0 Å². The summed E-state index contributed by atoms with van der Waals surface area (Å²) in [6, 6.07) is 16.9. The fourth-order valence-corrected chi connectivity index (χ4v) is 3.33. The molecular formula is C23H32N2O. The second-order valence-corrected chi connectivity index (χ2v) is 7.51. The van der Waals surface area contributed by atoms with Crippen molar-refractivity contribution in [3.8, 4) is 0 Å². The zero-order chi connectivity index (χ0) is 19.1. The molecule has 140 valence electrons. The smallest absolute Gasteiger partial charge is 0.220 e. The first kappa shape index (κ1) is 20.2. The van der Waals surface area contributed by atoms with Crippen LogP contribution < -0.4 is 5.32 Å². The maximum Gasteiger partial charge on any atom is 0.220 e. The predicted molar refractivity (Wildman–Crippen MR) is 110 cm³/mol. The van der Waals surface area contributed by atoms with Crippen LogP contribution in [0.3, 0.4) is 0 Å². The number of amides is 1. The second-order valence-electron chi connectivity index (χ2n) is 7.51. The van der Waals surface area contributed by atoms with Gasteiger partial charge < -0.3 is 10.2 Å². The Morgan fingerprint density at radius 3 is 2.19 bits per heavy atom. The molecule has 3 heteroatoms. The van der Waals surface area contributed by atoms with Crippen molar-refractivity contribution in [3.63, 3.8) is 0 Å². The van der Waals surface area contributed by atoms with Gasteiger partial charge in [0.05, 0.1) is 0 Å². The Balaban J connectivity index is 1.93. The Morgan fingerprint density at radius 1 is 1.00 bits per heavy atom. The highest BCUT2D eigenvalue weighted by Crippen LogP contribution is 2.19. The number of hydrogen-bond donors (Lipinski definition) is 1. The third-order valence-corrected chi connectivity index (χ3v) is 5.21. The van der Waals surface area contributed by atoms with Gasteiger partial charge in [-0.05, 0) is 62.5 Å². The molecule has 1 amide bonds. The molecule has 0 aliphatic rings. The lowest BCUT2D eigenvalue weighted by atomic mass is 9.95. The van der Waals surface area contributed by atoms with Crippen LogP contribution in [-0.2, 0) is 11.2 Å². The lowest BCUT2D eigenvalue weighted by molar-refractivity contribution is -0.121. The van der Waals surface area contributed by atoms with E-state index >= 15 is 0 Å². The molecule has 0 aromatic heterocycles. The van der Waals surface area contributed by atoms with E-state index in [9.17, 15) is 4.79 Å². The summed E-state index contributed by atoms with van der Waals surface area (Å²) in [5, 5.41) is 3.14. The summed E-state index contributed by atoms with van der Waals surface area (Å²) in [7, 11) is 4.16. The summed E-state index contributed by atoms with van der Waals surface area (Å²) >= 11 is 0. The first-order chi connectivity index (χ1) is 12.4. The molecule has 0 fully saturated rings. The van der Waals surface area contributed by atoms with E-state index < -0.39 is 0 Å². The molecule has 26 heavy (non-hydrogen) atoms. The van der Waals surface area contributed by atoms with Gasteiger partial charge in [0.2, 0.25) is 5.91 Å². The van der Waals surface area contributed by atoms with Gasteiger partial charge in [-0.3, -0.25) is 4.79 Å². The van der Waals surface area contributed by atoms with Crippen LogP contribution in [0.4, 0.5) is 0 Å². The normalized spacial score (nSPS) is 13.5. The third-order valence-electron chi connectivity index (χ3n) is 5.21. The van der Waals surface area contributed by atoms with Crippen LogP contribution in [0.1, 0.15) is 41.5 Å². The summed E-state index contributed by atoms with van der Waals surface area (Å²) in [5.74, 6) is 0.349. The van der Waals surface area contributed by atoms with Crippen molar-refractivity contribution < 1.29 is 4.79 Å². The number of nitrogens with zero attached hydrogens (tertiary/aromatic N) is 1. The zero-order valence-electron chi connectivity index (χ0n) is 16.8. The van der Waals surface area contributed by atoms with Gasteiger partial charge in [0.25, 0.3) is 0 Å². The number of carbonyl (C=O) groups excluding carboxylic acids is 1. The highest BCUT2D eigenvalue weighted by molar-refractivity contribution is 5.76. The van der Waals surface area contributed by atoms with Gasteiger partial charge in [0.1, 0.15) is 0 Å². The fourth-order valence-electron chi connectivity index (χ4n) is 3.33. The molecule has 0 unspecified atom stereocenters. The Morgan fingerprint density at radius 2 is 1.62 bits per heavy atom. The van der Waals surface area contributed by atoms with E-state index in [1.165, 1.54) is 22.3 Å². The van der Waals surface area contributed by atoms with Crippen LogP contribution in [0.25, 0.3) is 0 Å². The zero-order valence-corrected chi connectivity index (χ0v) is 16.8. The number of nitrogens with one attached hydrogen (secondary N) is 1. The lowest BCUT2D eigenvalue weighted by Gasteiger charge is -2.26. The van der Waals surface area contributed by atoms with Crippen molar-refractivity contribution in [2.75, 3.05) is 20.6 Å². The number of carbonyl (C=O) groups is 1. The third kappa shape index (κ3) is 5.70. The van der Waals surface area contributed by atoms with E-state index in [2.05, 4.69) is 75.4 Å². The van der Waals surface area contributed by atoms with Crippen molar-refractivity contribution in [2.45, 2.75) is 45.6 Å². The molecular weight excluding hydrogens is 320 g/mol. The Hall–Kier alpha value is -2.13. The topological polar surface area (TPSA) is 32.3 Å². The number of hydrogen-bond acceptors (Lipinski definition) is 2. The van der Waals surface area contributed by atoms with Gasteiger partial charge in [-0.15, -0.1) is 0 Å². The second kappa shape index (κ2) is 9.54. The molecule has 2 atom stereocenters. The van der Waals surface area contributed by atoms with Crippen molar-refractivity contribution >= 4 is 5.91 Å². The molecule has 2 aromatic carbocycles. The van der Waals surface area contributed by atoms with Crippen LogP contribution in [-0.4, -0.2) is 37.5 Å². The first-order valence-corrected chi connectivity index (χ1v) is 9.41. The standard InChI is InChI=1S/C23H32N2O/c1-17-10-9-11-18(2)22(17)15-21(25(4)5)16-24-23(26)14-19(3)20-12-7-6-8-13-20/h6-13,19,21H,14-16H2,1-5H3,(H,24,26)/t19-,21-/m0/s1. The molecule has 0 saturated carbocycles. The van der Waals surface area contributed by atoms with Gasteiger partial charge in [0.15, 0.2) is 0 Å². The van der Waals surface area contributed by atoms with E-state index in [0.29, 0.717) is 13.0 Å². The van der Waals surface area contributed by atoms with E-state index in [-0.39, 0.29) is 17.9 Å². The molecule has 0 spiro atoms. The highest BCUT2D eigenvalue weighted by atomic mass is 16.1. The minimum absolute atomic E-state index is 0.120. The summed E-state index contributed by atoms with van der Waals surface area (Å²) in [4.78, 5) is 14.6. The summed E-state index contributed by atoms with van der Waals surface area (Å²) < 4.78 is 0. The molecule has 0 radical (unpaired) electrons. The van der Waals surface area contributed by atoms with Crippen LogP contribution in [0, 0.1) is 13.8 Å². The van der Waals surface area contributed by atoms with Crippen LogP contribution in [0.2, 0.25) is 0 Å². The van der Waals surface area contributed by atoms with Crippen molar-refractivity contribution in [1.82, 2.24) is 10.2 Å². The van der Waals surface area contributed by atoms with Crippen LogP contribution in [0.5, 0.6) is 0 Å². The van der Waals surface area contributed by atoms with E-state index in [1.54, 1.807) is 0 Å². The molecule has 2 aromatic rings. The summed E-state index contributed by atoms with van der Waals surface area (Å²) in [5.41, 5.74) is 5.24.